The summed E-state index contributed by atoms with van der Waals surface area (Å²) >= 11 is 0. The van der Waals surface area contributed by atoms with Gasteiger partial charge in [0.25, 0.3) is 0 Å². The Labute approximate surface area is 180 Å². The first-order valence-corrected chi connectivity index (χ1v) is 10.4. The molecule has 0 fully saturated rings. The highest BCUT2D eigenvalue weighted by Crippen LogP contribution is 2.16. The molecule has 0 aromatic rings. The maximum atomic E-state index is 12.4. The number of amides is 2. The molecule has 172 valence electrons. The van der Waals surface area contributed by atoms with Gasteiger partial charge in [-0.25, -0.2) is 4.79 Å². The number of hydrogen-bond acceptors (Lipinski definition) is 5. The first-order valence-electron chi connectivity index (χ1n) is 10.4. The van der Waals surface area contributed by atoms with Crippen molar-refractivity contribution >= 4 is 23.6 Å². The Hall–Kier alpha value is -2.22. The van der Waals surface area contributed by atoms with Gasteiger partial charge in [-0.05, 0) is 18.8 Å². The zero-order valence-corrected chi connectivity index (χ0v) is 19.5. The summed E-state index contributed by atoms with van der Waals surface area (Å²) in [5.41, 5.74) is -0.472. The molecule has 8 nitrogen and oxygen atoms in total. The summed E-state index contributed by atoms with van der Waals surface area (Å²) in [6, 6.07) is 0. The third-order valence-corrected chi connectivity index (χ3v) is 4.33. The molecular weight excluding hydrogens is 386 g/mol. The Kier molecular flexibility index (Phi) is 11.5. The molecule has 2 amide bonds. The fraction of sp³-hybridized carbons (Fsp3) is 0.727. The number of ketones is 1. The van der Waals surface area contributed by atoms with E-state index in [1.807, 2.05) is 41.5 Å². The summed E-state index contributed by atoms with van der Waals surface area (Å²) < 4.78 is 0. The van der Waals surface area contributed by atoms with Gasteiger partial charge in [0.1, 0.15) is 5.78 Å². The van der Waals surface area contributed by atoms with E-state index in [9.17, 15) is 24.3 Å². The van der Waals surface area contributed by atoms with Crippen LogP contribution < -0.4 is 16.0 Å². The fourth-order valence-corrected chi connectivity index (χ4v) is 2.32. The van der Waals surface area contributed by atoms with Crippen molar-refractivity contribution in [2.45, 2.75) is 67.7 Å². The molecule has 0 aliphatic heterocycles. The zero-order valence-electron chi connectivity index (χ0n) is 19.5. The molecule has 0 atom stereocenters. The number of carboxylic acids is 1. The number of nitrogens with one attached hydrogen (secondary N) is 3. The van der Waals surface area contributed by atoms with Crippen molar-refractivity contribution in [3.05, 3.63) is 11.1 Å². The second-order valence-corrected chi connectivity index (χ2v) is 9.70. The fourth-order valence-electron chi connectivity index (χ4n) is 2.32. The molecular formula is C22H39N3O5. The highest BCUT2D eigenvalue weighted by Gasteiger charge is 2.21. The Morgan fingerprint density at radius 2 is 1.40 bits per heavy atom. The molecule has 0 aromatic heterocycles. The smallest absolute Gasteiger partial charge is 0.331 e. The molecule has 0 unspecified atom stereocenters. The Morgan fingerprint density at radius 1 is 0.800 bits per heavy atom. The number of Topliss-reactive ketones (excluding diaryl/α,β-unsaturated/α-hetero) is 1. The minimum atomic E-state index is -1.16. The molecule has 4 N–H and O–H groups in total. The van der Waals surface area contributed by atoms with Crippen molar-refractivity contribution in [3.8, 4) is 0 Å². The molecule has 0 aromatic carbocycles. The van der Waals surface area contributed by atoms with Gasteiger partial charge in [-0.2, -0.15) is 0 Å². The number of carboxylic acid groups (broad SMARTS) is 1. The molecule has 0 rings (SSSR count). The van der Waals surface area contributed by atoms with Crippen LogP contribution in [-0.4, -0.2) is 54.9 Å². The topological polar surface area (TPSA) is 125 Å². The van der Waals surface area contributed by atoms with E-state index in [1.54, 1.807) is 0 Å². The SMILES string of the molecule is C/C(C(=O)O)=C(\CCC(=O)CCNCCNC(=O)C(C)(C)C)C(=O)NCC(C)(C)C. The quantitative estimate of drug-likeness (QED) is 0.280. The number of hydrogen-bond donors (Lipinski definition) is 4. The lowest BCUT2D eigenvalue weighted by Gasteiger charge is -2.20. The average molecular weight is 426 g/mol. The normalized spacial score (nSPS) is 12.8. The summed E-state index contributed by atoms with van der Waals surface area (Å²) in [7, 11) is 0. The Morgan fingerprint density at radius 3 is 1.90 bits per heavy atom. The van der Waals surface area contributed by atoms with Crippen LogP contribution in [0.2, 0.25) is 0 Å². The molecule has 8 heteroatoms. The number of carbonyl (C=O) groups is 4. The minimum Gasteiger partial charge on any atom is -0.478 e. The van der Waals surface area contributed by atoms with Crippen LogP contribution in [0.15, 0.2) is 11.1 Å². The van der Waals surface area contributed by atoms with E-state index in [0.29, 0.717) is 26.2 Å². The summed E-state index contributed by atoms with van der Waals surface area (Å²) in [4.78, 5) is 47.6. The van der Waals surface area contributed by atoms with Crippen molar-refractivity contribution in [3.63, 3.8) is 0 Å². The first-order chi connectivity index (χ1) is 13.6. The molecule has 0 radical (unpaired) electrons. The highest BCUT2D eigenvalue weighted by molar-refractivity contribution is 6.02. The van der Waals surface area contributed by atoms with Gasteiger partial charge in [-0.3, -0.25) is 14.4 Å². The molecule has 0 aliphatic rings. The van der Waals surface area contributed by atoms with Crippen molar-refractivity contribution in [2.75, 3.05) is 26.2 Å². The molecule has 30 heavy (non-hydrogen) atoms. The maximum Gasteiger partial charge on any atom is 0.331 e. The van der Waals surface area contributed by atoms with Crippen LogP contribution in [-0.2, 0) is 19.2 Å². The number of carbonyl (C=O) groups excluding carboxylic acids is 3. The van der Waals surface area contributed by atoms with E-state index in [0.717, 1.165) is 0 Å². The van der Waals surface area contributed by atoms with E-state index in [-0.39, 0.29) is 47.5 Å². The first kappa shape index (κ1) is 27.8. The largest absolute Gasteiger partial charge is 0.478 e. The summed E-state index contributed by atoms with van der Waals surface area (Å²) in [5.74, 6) is -1.69. The summed E-state index contributed by atoms with van der Waals surface area (Å²) in [6.45, 7) is 14.7. The van der Waals surface area contributed by atoms with Crippen LogP contribution >= 0.6 is 0 Å². The standard InChI is InChI=1S/C22H39N3O5/c1-15(19(28)29)17(18(27)25-14-21(2,3)4)9-8-16(26)10-11-23-12-13-24-20(30)22(5,6)7/h23H,8-14H2,1-7H3,(H,24,30)(H,25,27)(H,28,29)/b17-15-. The van der Waals surface area contributed by atoms with Gasteiger partial charge in [-0.15, -0.1) is 0 Å². The van der Waals surface area contributed by atoms with Crippen LogP contribution in [0.4, 0.5) is 0 Å². The lowest BCUT2D eigenvalue weighted by Crippen LogP contribution is -2.39. The van der Waals surface area contributed by atoms with E-state index < -0.39 is 17.3 Å². The van der Waals surface area contributed by atoms with E-state index in [1.165, 1.54) is 6.92 Å². The Bertz CT molecular complexity index is 655. The third-order valence-electron chi connectivity index (χ3n) is 4.33. The predicted molar refractivity (Wildman–Crippen MR) is 117 cm³/mol. The van der Waals surface area contributed by atoms with Crippen LogP contribution in [0.1, 0.15) is 67.7 Å². The van der Waals surface area contributed by atoms with Gasteiger partial charge < -0.3 is 21.1 Å². The van der Waals surface area contributed by atoms with Crippen LogP contribution in [0.5, 0.6) is 0 Å². The number of rotatable bonds is 12. The second-order valence-electron chi connectivity index (χ2n) is 9.70. The van der Waals surface area contributed by atoms with Crippen molar-refractivity contribution in [2.24, 2.45) is 10.8 Å². The minimum absolute atomic E-state index is 0.0294. The Balaban J connectivity index is 4.44. The lowest BCUT2D eigenvalue weighted by atomic mass is 9.96. The van der Waals surface area contributed by atoms with Crippen LogP contribution in [0, 0.1) is 10.8 Å². The van der Waals surface area contributed by atoms with Crippen molar-refractivity contribution < 1.29 is 24.3 Å². The zero-order chi connectivity index (χ0) is 23.5. The monoisotopic (exact) mass is 425 g/mol. The van der Waals surface area contributed by atoms with Crippen LogP contribution in [0.3, 0.4) is 0 Å². The van der Waals surface area contributed by atoms with Gasteiger partial charge >= 0.3 is 5.97 Å². The van der Waals surface area contributed by atoms with E-state index in [2.05, 4.69) is 16.0 Å². The maximum absolute atomic E-state index is 12.4. The predicted octanol–water partition coefficient (Wildman–Crippen LogP) is 2.04. The van der Waals surface area contributed by atoms with Gasteiger partial charge in [0.15, 0.2) is 0 Å². The lowest BCUT2D eigenvalue weighted by molar-refractivity contribution is -0.133. The van der Waals surface area contributed by atoms with Gasteiger partial charge in [-0.1, -0.05) is 41.5 Å². The van der Waals surface area contributed by atoms with Crippen molar-refractivity contribution in [1.29, 1.82) is 0 Å². The van der Waals surface area contributed by atoms with Gasteiger partial charge in [0.05, 0.1) is 0 Å². The highest BCUT2D eigenvalue weighted by atomic mass is 16.4. The molecule has 0 saturated carbocycles. The molecule has 0 aliphatic carbocycles. The summed E-state index contributed by atoms with van der Waals surface area (Å²) in [6.07, 6.45) is 0.468. The van der Waals surface area contributed by atoms with E-state index in [4.69, 9.17) is 0 Å². The van der Waals surface area contributed by atoms with Crippen LogP contribution in [0.25, 0.3) is 0 Å². The van der Waals surface area contributed by atoms with Crippen molar-refractivity contribution in [1.82, 2.24) is 16.0 Å². The molecule has 0 saturated heterocycles. The second kappa shape index (κ2) is 12.5. The van der Waals surface area contributed by atoms with Gasteiger partial charge in [0, 0.05) is 55.6 Å². The molecule has 0 spiro atoms. The molecule has 0 heterocycles. The van der Waals surface area contributed by atoms with Gasteiger partial charge in [0.2, 0.25) is 11.8 Å². The third kappa shape index (κ3) is 12.4. The number of aliphatic carboxylic acids is 1. The average Bonchev–Trinajstić information content (AvgIpc) is 2.60. The van der Waals surface area contributed by atoms with E-state index >= 15 is 0 Å². The molecule has 0 bridgehead atoms. The summed E-state index contributed by atoms with van der Waals surface area (Å²) in [5, 5.41) is 17.9.